The van der Waals surface area contributed by atoms with Gasteiger partial charge >= 0.3 is 0 Å². The molecule has 3 N–H and O–H groups in total. The highest BCUT2D eigenvalue weighted by atomic mass is 35.5. The Kier molecular flexibility index (Phi) is 4.97. The topological polar surface area (TPSA) is 38.0 Å². The van der Waals surface area contributed by atoms with Crippen LogP contribution in [0.25, 0.3) is 0 Å². The molecule has 0 saturated carbocycles. The smallest absolute Gasteiger partial charge is 0.0500 e. The number of hydrogen-bond acceptors (Lipinski definition) is 2. The summed E-state index contributed by atoms with van der Waals surface area (Å²) < 4.78 is 0. The van der Waals surface area contributed by atoms with Gasteiger partial charge in [-0.1, -0.05) is 54.9 Å². The standard InChI is InChI=1S/C16H19ClN2/c1-2-12-4-3-5-14(10-12)16(19-18)11-13-6-8-15(17)9-7-13/h3-10,16,19H,2,11,18H2,1H3. The number of hydrogen-bond donors (Lipinski definition) is 2. The van der Waals surface area contributed by atoms with Crippen LogP contribution in [-0.2, 0) is 12.8 Å². The number of nitrogens with two attached hydrogens (primary N) is 1. The van der Waals surface area contributed by atoms with Crippen molar-refractivity contribution in [1.29, 1.82) is 0 Å². The molecular formula is C16H19ClN2. The molecule has 2 aromatic carbocycles. The van der Waals surface area contributed by atoms with E-state index in [9.17, 15) is 0 Å². The van der Waals surface area contributed by atoms with Crippen molar-refractivity contribution in [3.8, 4) is 0 Å². The largest absolute Gasteiger partial charge is 0.271 e. The van der Waals surface area contributed by atoms with Crippen LogP contribution in [0.4, 0.5) is 0 Å². The molecule has 0 heterocycles. The van der Waals surface area contributed by atoms with E-state index in [0.717, 1.165) is 17.9 Å². The van der Waals surface area contributed by atoms with Gasteiger partial charge in [-0.15, -0.1) is 0 Å². The van der Waals surface area contributed by atoms with Gasteiger partial charge in [-0.25, -0.2) is 0 Å². The van der Waals surface area contributed by atoms with Crippen LogP contribution in [0.3, 0.4) is 0 Å². The minimum Gasteiger partial charge on any atom is -0.271 e. The summed E-state index contributed by atoms with van der Waals surface area (Å²) in [7, 11) is 0. The fourth-order valence-corrected chi connectivity index (χ4v) is 2.28. The Morgan fingerprint density at radius 2 is 1.84 bits per heavy atom. The van der Waals surface area contributed by atoms with Crippen molar-refractivity contribution < 1.29 is 0 Å². The number of rotatable bonds is 5. The lowest BCUT2D eigenvalue weighted by Crippen LogP contribution is -2.29. The average molecular weight is 275 g/mol. The van der Waals surface area contributed by atoms with E-state index in [2.05, 4.69) is 36.6 Å². The third-order valence-electron chi connectivity index (χ3n) is 3.32. The zero-order chi connectivity index (χ0) is 13.7. The lowest BCUT2D eigenvalue weighted by atomic mass is 9.97. The van der Waals surface area contributed by atoms with Gasteiger partial charge in [-0.2, -0.15) is 0 Å². The van der Waals surface area contributed by atoms with Crippen molar-refractivity contribution in [2.45, 2.75) is 25.8 Å². The van der Waals surface area contributed by atoms with E-state index in [1.165, 1.54) is 16.7 Å². The Morgan fingerprint density at radius 1 is 1.11 bits per heavy atom. The van der Waals surface area contributed by atoms with Gasteiger partial charge in [0, 0.05) is 11.1 Å². The number of halogens is 1. The first kappa shape index (κ1) is 14.1. The van der Waals surface area contributed by atoms with Crippen molar-refractivity contribution in [1.82, 2.24) is 5.43 Å². The molecule has 0 amide bonds. The molecular weight excluding hydrogens is 256 g/mol. The third kappa shape index (κ3) is 3.80. The lowest BCUT2D eigenvalue weighted by molar-refractivity contribution is 0.551. The molecule has 0 bridgehead atoms. The van der Waals surface area contributed by atoms with Crippen molar-refractivity contribution >= 4 is 11.6 Å². The maximum Gasteiger partial charge on any atom is 0.0500 e. The first-order valence-corrected chi connectivity index (χ1v) is 6.90. The Labute approximate surface area is 119 Å². The molecule has 0 saturated heterocycles. The lowest BCUT2D eigenvalue weighted by Gasteiger charge is -2.17. The Hall–Kier alpha value is -1.35. The molecule has 0 aromatic heterocycles. The molecule has 1 atom stereocenters. The van der Waals surface area contributed by atoms with E-state index in [1.54, 1.807) is 0 Å². The SMILES string of the molecule is CCc1cccc(C(Cc2ccc(Cl)cc2)NN)c1. The van der Waals surface area contributed by atoms with Crippen LogP contribution in [0.2, 0.25) is 5.02 Å². The predicted octanol–water partition coefficient (Wildman–Crippen LogP) is 3.65. The highest BCUT2D eigenvalue weighted by Gasteiger charge is 2.10. The van der Waals surface area contributed by atoms with Gasteiger partial charge in [-0.05, 0) is 41.7 Å². The summed E-state index contributed by atoms with van der Waals surface area (Å²) in [4.78, 5) is 0. The van der Waals surface area contributed by atoms with Gasteiger partial charge in [-0.3, -0.25) is 11.3 Å². The zero-order valence-corrected chi connectivity index (χ0v) is 11.8. The molecule has 0 radical (unpaired) electrons. The molecule has 1 unspecified atom stereocenters. The maximum absolute atomic E-state index is 5.90. The van der Waals surface area contributed by atoms with Gasteiger partial charge in [0.1, 0.15) is 0 Å². The summed E-state index contributed by atoms with van der Waals surface area (Å²) in [6.45, 7) is 2.16. The molecule has 2 aromatic rings. The molecule has 0 aliphatic carbocycles. The number of nitrogens with one attached hydrogen (secondary N) is 1. The molecule has 0 aliphatic heterocycles. The maximum atomic E-state index is 5.90. The van der Waals surface area contributed by atoms with Crippen molar-refractivity contribution in [2.75, 3.05) is 0 Å². The minimum atomic E-state index is 0.118. The van der Waals surface area contributed by atoms with Crippen LogP contribution in [0.5, 0.6) is 0 Å². The summed E-state index contributed by atoms with van der Waals surface area (Å²) in [5, 5.41) is 0.758. The first-order chi connectivity index (χ1) is 9.22. The van der Waals surface area contributed by atoms with Crippen molar-refractivity contribution in [3.63, 3.8) is 0 Å². The van der Waals surface area contributed by atoms with Gasteiger partial charge < -0.3 is 0 Å². The van der Waals surface area contributed by atoms with Gasteiger partial charge in [0.25, 0.3) is 0 Å². The predicted molar refractivity (Wildman–Crippen MR) is 81.0 cm³/mol. The fraction of sp³-hybridized carbons (Fsp3) is 0.250. The van der Waals surface area contributed by atoms with Gasteiger partial charge in [0.15, 0.2) is 0 Å². The highest BCUT2D eigenvalue weighted by Crippen LogP contribution is 2.20. The van der Waals surface area contributed by atoms with Crippen molar-refractivity contribution in [2.24, 2.45) is 5.84 Å². The van der Waals surface area contributed by atoms with Crippen LogP contribution in [-0.4, -0.2) is 0 Å². The highest BCUT2D eigenvalue weighted by molar-refractivity contribution is 6.30. The quantitative estimate of drug-likeness (QED) is 0.645. The Balaban J connectivity index is 2.17. The second-order valence-electron chi connectivity index (χ2n) is 4.65. The van der Waals surface area contributed by atoms with Gasteiger partial charge in [0.05, 0.1) is 0 Å². The number of benzene rings is 2. The summed E-state index contributed by atoms with van der Waals surface area (Å²) >= 11 is 5.90. The third-order valence-corrected chi connectivity index (χ3v) is 3.57. The summed E-state index contributed by atoms with van der Waals surface area (Å²) in [6, 6.07) is 16.6. The van der Waals surface area contributed by atoms with Crippen LogP contribution >= 0.6 is 11.6 Å². The fourth-order valence-electron chi connectivity index (χ4n) is 2.16. The van der Waals surface area contributed by atoms with E-state index in [-0.39, 0.29) is 6.04 Å². The molecule has 2 nitrogen and oxygen atoms in total. The summed E-state index contributed by atoms with van der Waals surface area (Å²) in [5.41, 5.74) is 6.66. The molecule has 0 aliphatic rings. The average Bonchev–Trinajstić information content (AvgIpc) is 2.46. The van der Waals surface area contributed by atoms with E-state index in [0.29, 0.717) is 0 Å². The van der Waals surface area contributed by atoms with E-state index in [4.69, 9.17) is 17.4 Å². The number of hydrazine groups is 1. The minimum absolute atomic E-state index is 0.118. The molecule has 3 heteroatoms. The monoisotopic (exact) mass is 274 g/mol. The normalized spacial score (nSPS) is 12.4. The van der Waals surface area contributed by atoms with Crippen LogP contribution in [0.1, 0.15) is 29.7 Å². The summed E-state index contributed by atoms with van der Waals surface area (Å²) in [5.74, 6) is 5.70. The second kappa shape index (κ2) is 6.71. The molecule has 0 fully saturated rings. The molecule has 19 heavy (non-hydrogen) atoms. The van der Waals surface area contributed by atoms with E-state index < -0.39 is 0 Å². The molecule has 100 valence electrons. The van der Waals surface area contributed by atoms with Crippen molar-refractivity contribution in [3.05, 3.63) is 70.2 Å². The van der Waals surface area contributed by atoms with E-state index in [1.807, 2.05) is 24.3 Å². The Morgan fingerprint density at radius 3 is 2.47 bits per heavy atom. The van der Waals surface area contributed by atoms with E-state index >= 15 is 0 Å². The number of aryl methyl sites for hydroxylation is 1. The zero-order valence-electron chi connectivity index (χ0n) is 11.1. The summed E-state index contributed by atoms with van der Waals surface area (Å²) in [6.07, 6.45) is 1.88. The van der Waals surface area contributed by atoms with Crippen LogP contribution in [0, 0.1) is 0 Å². The van der Waals surface area contributed by atoms with Crippen LogP contribution < -0.4 is 11.3 Å². The first-order valence-electron chi connectivity index (χ1n) is 6.52. The van der Waals surface area contributed by atoms with Crippen LogP contribution in [0.15, 0.2) is 48.5 Å². The second-order valence-corrected chi connectivity index (χ2v) is 5.08. The van der Waals surface area contributed by atoms with Gasteiger partial charge in [0.2, 0.25) is 0 Å². The molecule has 0 spiro atoms. The molecule has 2 rings (SSSR count). The Bertz CT molecular complexity index is 523.